The summed E-state index contributed by atoms with van der Waals surface area (Å²) in [6.07, 6.45) is 1.67. The summed E-state index contributed by atoms with van der Waals surface area (Å²) in [4.78, 5) is 13.9. The molecule has 1 aliphatic heterocycles. The van der Waals surface area contributed by atoms with Crippen LogP contribution in [0.3, 0.4) is 0 Å². The Kier molecular flexibility index (Phi) is 6.16. The SMILES string of the molecule is C=CC(=O)N1CCC(Nc2ccc3c(C)n(CCO)nc3c2)(c2c(F)ccc(Cl)c2Cl)C1. The number of aromatic nitrogens is 2. The van der Waals surface area contributed by atoms with Crippen molar-refractivity contribution in [3.05, 3.63) is 70.1 Å². The maximum Gasteiger partial charge on any atom is 0.246 e. The van der Waals surface area contributed by atoms with Gasteiger partial charge < -0.3 is 15.3 Å². The lowest BCUT2D eigenvalue weighted by Gasteiger charge is -2.33. The van der Waals surface area contributed by atoms with Crippen LogP contribution in [0.25, 0.3) is 10.9 Å². The zero-order valence-corrected chi connectivity index (χ0v) is 19.0. The molecule has 3 aromatic rings. The second kappa shape index (κ2) is 8.73. The van der Waals surface area contributed by atoms with Crippen LogP contribution in [0.1, 0.15) is 17.7 Å². The van der Waals surface area contributed by atoms with Crippen molar-refractivity contribution in [3.8, 4) is 0 Å². The van der Waals surface area contributed by atoms with Gasteiger partial charge in [-0.2, -0.15) is 5.10 Å². The monoisotopic (exact) mass is 476 g/mol. The summed E-state index contributed by atoms with van der Waals surface area (Å²) in [6.45, 7) is 6.49. The fourth-order valence-corrected chi connectivity index (χ4v) is 4.88. The Morgan fingerprint density at radius 3 is 2.88 bits per heavy atom. The molecule has 1 atom stereocenters. The van der Waals surface area contributed by atoms with Crippen LogP contribution < -0.4 is 5.32 Å². The van der Waals surface area contributed by atoms with Crippen molar-refractivity contribution in [1.82, 2.24) is 14.7 Å². The molecule has 2 heterocycles. The first-order valence-electron chi connectivity index (χ1n) is 10.2. The van der Waals surface area contributed by atoms with Gasteiger partial charge in [-0.15, -0.1) is 0 Å². The first-order valence-corrected chi connectivity index (χ1v) is 11.0. The van der Waals surface area contributed by atoms with E-state index in [0.29, 0.717) is 25.2 Å². The molecule has 32 heavy (non-hydrogen) atoms. The molecule has 4 rings (SSSR count). The van der Waals surface area contributed by atoms with Gasteiger partial charge in [0.2, 0.25) is 5.91 Å². The fourth-order valence-electron chi connectivity index (χ4n) is 4.39. The molecule has 0 bridgehead atoms. The van der Waals surface area contributed by atoms with Gasteiger partial charge in [0.1, 0.15) is 5.82 Å². The molecule has 1 aliphatic rings. The normalized spacial score (nSPS) is 18.3. The van der Waals surface area contributed by atoms with E-state index in [2.05, 4.69) is 17.0 Å². The average Bonchev–Trinajstić information content (AvgIpc) is 3.33. The van der Waals surface area contributed by atoms with E-state index in [1.165, 1.54) is 18.2 Å². The Balaban J connectivity index is 1.79. The van der Waals surface area contributed by atoms with Crippen molar-refractivity contribution in [3.63, 3.8) is 0 Å². The Morgan fingerprint density at radius 2 is 2.16 bits per heavy atom. The first kappa shape index (κ1) is 22.6. The van der Waals surface area contributed by atoms with Crippen molar-refractivity contribution in [2.24, 2.45) is 0 Å². The number of carbonyl (C=O) groups is 1. The highest BCUT2D eigenvalue weighted by Crippen LogP contribution is 2.43. The number of halogens is 3. The molecule has 9 heteroatoms. The van der Waals surface area contributed by atoms with Gasteiger partial charge in [-0.05, 0) is 49.8 Å². The molecule has 0 spiro atoms. The van der Waals surface area contributed by atoms with Gasteiger partial charge in [-0.1, -0.05) is 29.8 Å². The molecule has 0 saturated carbocycles. The molecule has 6 nitrogen and oxygen atoms in total. The molecule has 1 aromatic heterocycles. The number of nitrogens with one attached hydrogen (secondary N) is 1. The van der Waals surface area contributed by atoms with E-state index in [9.17, 15) is 9.90 Å². The number of hydrogen-bond donors (Lipinski definition) is 2. The van der Waals surface area contributed by atoms with Crippen LogP contribution in [-0.2, 0) is 16.9 Å². The Bertz CT molecular complexity index is 1210. The fraction of sp³-hybridized carbons (Fsp3) is 0.304. The molecule has 1 fully saturated rings. The van der Waals surface area contributed by atoms with Crippen molar-refractivity contribution >= 4 is 45.7 Å². The number of rotatable bonds is 6. The molecule has 168 valence electrons. The summed E-state index contributed by atoms with van der Waals surface area (Å²) in [7, 11) is 0. The Labute approximate surface area is 195 Å². The third-order valence-corrected chi connectivity index (χ3v) is 6.78. The Morgan fingerprint density at radius 1 is 1.38 bits per heavy atom. The zero-order valence-electron chi connectivity index (χ0n) is 17.5. The van der Waals surface area contributed by atoms with Gasteiger partial charge in [0.15, 0.2) is 0 Å². The molecule has 0 radical (unpaired) electrons. The van der Waals surface area contributed by atoms with Crippen LogP contribution >= 0.6 is 23.2 Å². The van der Waals surface area contributed by atoms with Crippen LogP contribution in [0.2, 0.25) is 10.0 Å². The lowest BCUT2D eigenvalue weighted by Crippen LogP contribution is -2.41. The number of nitrogens with zero attached hydrogens (tertiary/aromatic N) is 3. The second-order valence-corrected chi connectivity index (χ2v) is 8.69. The maximum atomic E-state index is 15.1. The van der Waals surface area contributed by atoms with Crippen LogP contribution in [0, 0.1) is 12.7 Å². The van der Waals surface area contributed by atoms with Crippen molar-refractivity contribution < 1.29 is 14.3 Å². The molecule has 1 unspecified atom stereocenters. The second-order valence-electron chi connectivity index (χ2n) is 7.90. The molecule has 1 amide bonds. The number of fused-ring (bicyclic) bond motifs is 1. The van der Waals surface area contributed by atoms with Crippen molar-refractivity contribution in [2.75, 3.05) is 25.0 Å². The van der Waals surface area contributed by atoms with E-state index in [1.54, 1.807) is 9.58 Å². The molecule has 0 aliphatic carbocycles. The lowest BCUT2D eigenvalue weighted by molar-refractivity contribution is -0.125. The topological polar surface area (TPSA) is 70.4 Å². The standard InChI is InChI=1S/C23H23Cl2FN4O2/c1-3-20(32)29-9-8-23(13-29,21-18(26)7-6-17(24)22(21)25)27-15-4-5-16-14(2)30(10-11-31)28-19(16)12-15/h3-7,12,27,31H,1,8-11,13H2,2H3. The van der Waals surface area contributed by atoms with Gasteiger partial charge >= 0.3 is 0 Å². The van der Waals surface area contributed by atoms with Crippen LogP contribution in [0.5, 0.6) is 0 Å². The summed E-state index contributed by atoms with van der Waals surface area (Å²) in [5.74, 6) is -0.731. The maximum absolute atomic E-state index is 15.1. The summed E-state index contributed by atoms with van der Waals surface area (Å²) in [6, 6.07) is 8.39. The lowest BCUT2D eigenvalue weighted by atomic mass is 9.87. The van der Waals surface area contributed by atoms with Crippen LogP contribution in [-0.4, -0.2) is 45.4 Å². The molecule has 2 aromatic carbocycles. The van der Waals surface area contributed by atoms with Gasteiger partial charge in [0.05, 0.1) is 34.3 Å². The van der Waals surface area contributed by atoms with Gasteiger partial charge in [-0.25, -0.2) is 4.39 Å². The van der Waals surface area contributed by atoms with Crippen LogP contribution in [0.15, 0.2) is 43.0 Å². The van der Waals surface area contributed by atoms with E-state index in [-0.39, 0.29) is 34.7 Å². The quantitative estimate of drug-likeness (QED) is 0.405. The average molecular weight is 477 g/mol. The predicted molar refractivity (Wildman–Crippen MR) is 125 cm³/mol. The highest BCUT2D eigenvalue weighted by Gasteiger charge is 2.44. The molecule has 1 saturated heterocycles. The minimum absolute atomic E-state index is 0.0112. The van der Waals surface area contributed by atoms with Gasteiger partial charge in [0, 0.05) is 35.4 Å². The molecular weight excluding hydrogens is 454 g/mol. The summed E-state index contributed by atoms with van der Waals surface area (Å²) < 4.78 is 16.8. The number of carbonyl (C=O) groups excluding carboxylic acids is 1. The summed E-state index contributed by atoms with van der Waals surface area (Å²) in [5.41, 5.74) is 1.64. The summed E-state index contributed by atoms with van der Waals surface area (Å²) >= 11 is 12.7. The van der Waals surface area contributed by atoms with Gasteiger partial charge in [-0.3, -0.25) is 9.48 Å². The number of benzene rings is 2. The number of aryl methyl sites for hydroxylation is 1. The van der Waals surface area contributed by atoms with Crippen molar-refractivity contribution in [1.29, 1.82) is 0 Å². The zero-order chi connectivity index (χ0) is 23.0. The number of aliphatic hydroxyl groups excluding tert-OH is 1. The number of likely N-dealkylation sites (tertiary alicyclic amines) is 1. The highest BCUT2D eigenvalue weighted by atomic mass is 35.5. The van der Waals surface area contributed by atoms with E-state index < -0.39 is 11.4 Å². The first-order chi connectivity index (χ1) is 15.3. The minimum Gasteiger partial charge on any atom is -0.394 e. The van der Waals surface area contributed by atoms with E-state index >= 15 is 4.39 Å². The Hall–Kier alpha value is -2.61. The summed E-state index contributed by atoms with van der Waals surface area (Å²) in [5, 5.41) is 18.6. The largest absolute Gasteiger partial charge is 0.394 e. The third-order valence-electron chi connectivity index (χ3n) is 5.98. The molecule has 2 N–H and O–H groups in total. The third kappa shape index (κ3) is 3.85. The number of aliphatic hydroxyl groups is 1. The van der Waals surface area contributed by atoms with E-state index in [0.717, 1.165) is 16.6 Å². The number of amides is 1. The minimum atomic E-state index is -0.985. The van der Waals surface area contributed by atoms with Crippen molar-refractivity contribution in [2.45, 2.75) is 25.4 Å². The predicted octanol–water partition coefficient (Wildman–Crippen LogP) is 4.51. The number of hydrogen-bond acceptors (Lipinski definition) is 4. The van der Waals surface area contributed by atoms with E-state index in [1.807, 2.05) is 25.1 Å². The highest BCUT2D eigenvalue weighted by molar-refractivity contribution is 6.42. The van der Waals surface area contributed by atoms with E-state index in [4.69, 9.17) is 23.2 Å². The molecular formula is C23H23Cl2FN4O2. The van der Waals surface area contributed by atoms with Crippen LogP contribution in [0.4, 0.5) is 10.1 Å². The number of anilines is 1. The smallest absolute Gasteiger partial charge is 0.246 e. The van der Waals surface area contributed by atoms with Gasteiger partial charge in [0.25, 0.3) is 0 Å².